The third-order valence-corrected chi connectivity index (χ3v) is 2.28. The van der Waals surface area contributed by atoms with Gasteiger partial charge >= 0.3 is 0 Å². The molecule has 1 rings (SSSR count). The van der Waals surface area contributed by atoms with E-state index in [-0.39, 0.29) is 11.8 Å². The third-order valence-electron chi connectivity index (χ3n) is 1.56. The van der Waals surface area contributed by atoms with Crippen molar-refractivity contribution in [2.24, 2.45) is 0 Å². The second-order valence-corrected chi connectivity index (χ2v) is 3.22. The van der Waals surface area contributed by atoms with Crippen LogP contribution in [0.25, 0.3) is 0 Å². The molecule has 0 aliphatic rings. The quantitative estimate of drug-likeness (QED) is 0.816. The van der Waals surface area contributed by atoms with Crippen molar-refractivity contribution in [1.29, 1.82) is 0 Å². The predicted molar refractivity (Wildman–Crippen MR) is 59.2 cm³/mol. The van der Waals surface area contributed by atoms with Gasteiger partial charge in [0.1, 0.15) is 0 Å². The summed E-state index contributed by atoms with van der Waals surface area (Å²) in [5.41, 5.74) is 0.825. The lowest BCUT2D eigenvalue weighted by Gasteiger charge is -2.01. The second kappa shape index (κ2) is 5.11. The van der Waals surface area contributed by atoms with Crippen LogP contribution in [0.3, 0.4) is 0 Å². The van der Waals surface area contributed by atoms with E-state index in [0.29, 0.717) is 11.1 Å². The second-order valence-electron chi connectivity index (χ2n) is 2.43. The van der Waals surface area contributed by atoms with Crippen LogP contribution in [-0.2, 0) is 0 Å². The number of nitrogens with one attached hydrogen (secondary N) is 2. The Balaban J connectivity index is 3.01. The van der Waals surface area contributed by atoms with E-state index in [2.05, 4.69) is 41.0 Å². The van der Waals surface area contributed by atoms with Gasteiger partial charge in [-0.1, -0.05) is 6.07 Å². The average Bonchev–Trinajstić information content (AvgIpc) is 2.27. The van der Waals surface area contributed by atoms with Crippen LogP contribution in [0.1, 0.15) is 20.7 Å². The summed E-state index contributed by atoms with van der Waals surface area (Å²) >= 11 is 5.64. The van der Waals surface area contributed by atoms with E-state index in [1.165, 1.54) is 6.07 Å². The van der Waals surface area contributed by atoms with Gasteiger partial charge in [-0.25, -0.2) is 0 Å². The molecule has 0 aliphatic heterocycles. The monoisotopic (exact) mass is 320 g/mol. The molecular weight excluding hydrogens is 316 g/mol. The zero-order chi connectivity index (χ0) is 10.6. The van der Waals surface area contributed by atoms with Crippen LogP contribution in [0.5, 0.6) is 0 Å². The van der Waals surface area contributed by atoms with Gasteiger partial charge in [-0.05, 0) is 18.2 Å². The molecule has 0 bridgehead atoms. The average molecular weight is 322 g/mol. The molecule has 0 saturated heterocycles. The van der Waals surface area contributed by atoms with Gasteiger partial charge in [0.25, 0.3) is 11.8 Å². The van der Waals surface area contributed by atoms with Crippen LogP contribution in [0.15, 0.2) is 24.3 Å². The summed E-state index contributed by atoms with van der Waals surface area (Å²) < 4.78 is 4.59. The number of carbonyl (C=O) groups is 2. The number of benzene rings is 1. The van der Waals surface area contributed by atoms with Crippen molar-refractivity contribution in [3.8, 4) is 0 Å². The van der Waals surface area contributed by atoms with Crippen LogP contribution in [0, 0.1) is 0 Å². The maximum absolute atomic E-state index is 11.2. The fourth-order valence-corrected chi connectivity index (χ4v) is 1.37. The smallest absolute Gasteiger partial charge is 0.261 e. The van der Waals surface area contributed by atoms with Gasteiger partial charge in [0, 0.05) is 43.4 Å². The fraction of sp³-hybridized carbons (Fsp3) is 0. The molecule has 14 heavy (non-hydrogen) atoms. The van der Waals surface area contributed by atoms with E-state index in [9.17, 15) is 9.59 Å². The molecule has 0 saturated carbocycles. The maximum atomic E-state index is 11.2. The molecule has 1 aromatic rings. The van der Waals surface area contributed by atoms with Gasteiger partial charge in [-0.15, -0.1) is 0 Å². The molecule has 1 aromatic carbocycles. The van der Waals surface area contributed by atoms with Gasteiger partial charge in [-0.2, -0.15) is 0 Å². The fourth-order valence-electron chi connectivity index (χ4n) is 0.911. The summed E-state index contributed by atoms with van der Waals surface area (Å²) in [6, 6.07) is 6.35. The summed E-state index contributed by atoms with van der Waals surface area (Å²) in [7, 11) is 0. The molecule has 4 nitrogen and oxygen atoms in total. The van der Waals surface area contributed by atoms with Crippen molar-refractivity contribution in [3.63, 3.8) is 0 Å². The lowest BCUT2D eigenvalue weighted by molar-refractivity contribution is 0.0985. The maximum Gasteiger partial charge on any atom is 0.261 e. The minimum atomic E-state index is -0.297. The molecule has 6 heteroatoms. The van der Waals surface area contributed by atoms with Crippen LogP contribution < -0.4 is 8.69 Å². The first kappa shape index (κ1) is 11.2. The number of halogens is 2. The van der Waals surface area contributed by atoms with E-state index < -0.39 is 0 Å². The third kappa shape index (κ3) is 2.55. The summed E-state index contributed by atoms with van der Waals surface area (Å²) in [6.07, 6.45) is 0. The number of amides is 2. The molecule has 2 amide bonds. The minimum Gasteiger partial charge on any atom is -0.289 e. The van der Waals surface area contributed by atoms with Crippen molar-refractivity contribution in [2.75, 3.05) is 0 Å². The topological polar surface area (TPSA) is 58.2 Å². The lowest BCUT2D eigenvalue weighted by atomic mass is 10.1. The Labute approximate surface area is 97.7 Å². The molecule has 0 aliphatic carbocycles. The van der Waals surface area contributed by atoms with Gasteiger partial charge < -0.3 is 0 Å². The van der Waals surface area contributed by atoms with Gasteiger partial charge in [0.05, 0.1) is 0 Å². The Hall–Kier alpha value is -0.880. The summed E-state index contributed by atoms with van der Waals surface area (Å²) in [4.78, 5) is 22.4. The number of hydrogen-bond donors (Lipinski definition) is 2. The highest BCUT2D eigenvalue weighted by molar-refractivity contribution is 9.08. The van der Waals surface area contributed by atoms with Crippen LogP contribution in [-0.4, -0.2) is 11.8 Å². The number of carbonyl (C=O) groups excluding carboxylic acids is 2. The van der Waals surface area contributed by atoms with E-state index in [1.54, 1.807) is 18.2 Å². The van der Waals surface area contributed by atoms with E-state index in [0.717, 1.165) is 0 Å². The highest BCUT2D eigenvalue weighted by Gasteiger charge is 2.08. The van der Waals surface area contributed by atoms with E-state index in [4.69, 9.17) is 0 Å². The minimum absolute atomic E-state index is 0.297. The molecule has 2 N–H and O–H groups in total. The molecular formula is C8H6Br2N2O2. The molecule has 0 heterocycles. The standard InChI is InChI=1S/C8H6Br2N2O2/c9-11-7(13)5-2-1-3-6(4-5)8(14)12-10/h1-4H,(H,11,13)(H,12,14). The Kier molecular flexibility index (Phi) is 4.09. The van der Waals surface area contributed by atoms with Crippen molar-refractivity contribution >= 4 is 44.1 Å². The van der Waals surface area contributed by atoms with Crippen LogP contribution in [0.2, 0.25) is 0 Å². The highest BCUT2D eigenvalue weighted by atomic mass is 79.9. The molecule has 0 spiro atoms. The number of rotatable bonds is 2. The van der Waals surface area contributed by atoms with E-state index >= 15 is 0 Å². The largest absolute Gasteiger partial charge is 0.289 e. The Morgan fingerprint density at radius 3 is 1.79 bits per heavy atom. The van der Waals surface area contributed by atoms with Gasteiger partial charge in [-0.3, -0.25) is 18.3 Å². The van der Waals surface area contributed by atoms with Gasteiger partial charge in [0.15, 0.2) is 0 Å². The molecule has 0 fully saturated rings. The van der Waals surface area contributed by atoms with Crippen molar-refractivity contribution in [3.05, 3.63) is 35.4 Å². The zero-order valence-electron chi connectivity index (χ0n) is 6.88. The van der Waals surface area contributed by atoms with Gasteiger partial charge in [0.2, 0.25) is 0 Å². The molecule has 0 unspecified atom stereocenters. The van der Waals surface area contributed by atoms with Crippen LogP contribution >= 0.6 is 32.3 Å². The summed E-state index contributed by atoms with van der Waals surface area (Å²) in [6.45, 7) is 0. The highest BCUT2D eigenvalue weighted by Crippen LogP contribution is 2.06. The summed E-state index contributed by atoms with van der Waals surface area (Å²) in [5.74, 6) is -0.594. The van der Waals surface area contributed by atoms with Crippen molar-refractivity contribution in [2.45, 2.75) is 0 Å². The normalized spacial score (nSPS) is 9.29. The summed E-state index contributed by atoms with van der Waals surface area (Å²) in [5, 5.41) is 0. The molecule has 0 aromatic heterocycles. The molecule has 74 valence electrons. The Morgan fingerprint density at radius 2 is 1.43 bits per heavy atom. The first-order valence-electron chi connectivity index (χ1n) is 3.61. The lowest BCUT2D eigenvalue weighted by Crippen LogP contribution is -2.15. The van der Waals surface area contributed by atoms with Crippen molar-refractivity contribution in [1.82, 2.24) is 8.69 Å². The van der Waals surface area contributed by atoms with Crippen LogP contribution in [0.4, 0.5) is 0 Å². The SMILES string of the molecule is O=C(NBr)c1cccc(C(=O)NBr)c1. The Morgan fingerprint density at radius 1 is 1.00 bits per heavy atom. The van der Waals surface area contributed by atoms with E-state index in [1.807, 2.05) is 0 Å². The zero-order valence-corrected chi connectivity index (χ0v) is 10.1. The first-order chi connectivity index (χ1) is 6.69. The molecule has 0 radical (unpaired) electrons. The molecule has 0 atom stereocenters. The predicted octanol–water partition coefficient (Wildman–Crippen LogP) is 1.77. The number of hydrogen-bond acceptors (Lipinski definition) is 2. The van der Waals surface area contributed by atoms with Crippen molar-refractivity contribution < 1.29 is 9.59 Å². The Bertz CT molecular complexity index is 337. The first-order valence-corrected chi connectivity index (χ1v) is 5.19.